The molecule has 0 saturated carbocycles. The number of rotatable bonds is 5. The van der Waals surface area contributed by atoms with Gasteiger partial charge < -0.3 is 5.32 Å². The van der Waals surface area contributed by atoms with Gasteiger partial charge in [-0.25, -0.2) is 4.39 Å². The van der Waals surface area contributed by atoms with E-state index in [9.17, 15) is 4.39 Å². The molecule has 0 bridgehead atoms. The van der Waals surface area contributed by atoms with Gasteiger partial charge in [0.1, 0.15) is 5.82 Å². The van der Waals surface area contributed by atoms with Crippen molar-refractivity contribution in [1.29, 1.82) is 0 Å². The number of nitrogens with zero attached hydrogens (tertiary/aromatic N) is 1. The zero-order chi connectivity index (χ0) is 15.4. The van der Waals surface area contributed by atoms with Gasteiger partial charge in [-0.3, -0.25) is 4.90 Å². The largest absolute Gasteiger partial charge is 0.314 e. The van der Waals surface area contributed by atoms with Crippen LogP contribution in [0.2, 0.25) is 0 Å². The quantitative estimate of drug-likeness (QED) is 0.780. The summed E-state index contributed by atoms with van der Waals surface area (Å²) in [6.45, 7) is 10.3. The summed E-state index contributed by atoms with van der Waals surface area (Å²) in [7, 11) is 0. The van der Waals surface area contributed by atoms with Gasteiger partial charge in [-0.1, -0.05) is 36.2 Å². The smallest absolute Gasteiger partial charge is 0.130 e. The van der Waals surface area contributed by atoms with E-state index in [-0.39, 0.29) is 24.3 Å². The lowest BCUT2D eigenvalue weighted by Crippen LogP contribution is -2.46. The summed E-state index contributed by atoms with van der Waals surface area (Å²) in [6.07, 6.45) is 2.26. The van der Waals surface area contributed by atoms with Crippen molar-refractivity contribution in [3.8, 4) is 0 Å². The molecule has 1 N–H and O–H groups in total. The molecule has 1 aliphatic rings. The average Bonchev–Trinajstić information content (AvgIpc) is 2.46. The number of benzene rings is 1. The van der Waals surface area contributed by atoms with Gasteiger partial charge in [0.2, 0.25) is 0 Å². The van der Waals surface area contributed by atoms with Crippen LogP contribution in [0.15, 0.2) is 16.6 Å². The lowest BCUT2D eigenvalue weighted by Gasteiger charge is -2.39. The van der Waals surface area contributed by atoms with E-state index in [1.165, 1.54) is 0 Å². The fourth-order valence-electron chi connectivity index (χ4n) is 3.40. The van der Waals surface area contributed by atoms with Crippen LogP contribution >= 0.6 is 28.3 Å². The zero-order valence-corrected chi connectivity index (χ0v) is 16.1. The Kier molecular flexibility index (Phi) is 8.33. The van der Waals surface area contributed by atoms with Crippen molar-refractivity contribution in [1.82, 2.24) is 10.2 Å². The van der Waals surface area contributed by atoms with Crippen LogP contribution in [0.25, 0.3) is 0 Å². The van der Waals surface area contributed by atoms with Gasteiger partial charge in [0.25, 0.3) is 0 Å². The molecule has 1 aromatic rings. The first kappa shape index (κ1) is 19.9. The van der Waals surface area contributed by atoms with E-state index < -0.39 is 0 Å². The summed E-state index contributed by atoms with van der Waals surface area (Å²) >= 11 is 3.53. The predicted molar refractivity (Wildman–Crippen MR) is 97.3 cm³/mol. The normalized spacial score (nSPS) is 18.6. The minimum Gasteiger partial charge on any atom is -0.314 e. The minimum atomic E-state index is -0.0373. The molecule has 5 heteroatoms. The Labute approximate surface area is 148 Å². The van der Waals surface area contributed by atoms with E-state index in [1.54, 1.807) is 0 Å². The highest BCUT2D eigenvalue weighted by molar-refractivity contribution is 9.10. The van der Waals surface area contributed by atoms with Crippen molar-refractivity contribution in [2.24, 2.45) is 5.92 Å². The fraction of sp³-hybridized carbons (Fsp3) is 0.647. The second kappa shape index (κ2) is 9.21. The molecule has 0 radical (unpaired) electrons. The number of hydrogen-bond donors (Lipinski definition) is 1. The first-order valence-electron chi connectivity index (χ1n) is 7.95. The lowest BCUT2D eigenvalue weighted by atomic mass is 9.88. The van der Waals surface area contributed by atoms with Crippen molar-refractivity contribution < 1.29 is 4.39 Å². The molecule has 22 heavy (non-hydrogen) atoms. The van der Waals surface area contributed by atoms with E-state index in [0.29, 0.717) is 5.92 Å². The van der Waals surface area contributed by atoms with Crippen molar-refractivity contribution >= 4 is 28.3 Å². The van der Waals surface area contributed by atoms with Gasteiger partial charge in [0.15, 0.2) is 0 Å². The number of nitrogens with one attached hydrogen (secondary N) is 1. The van der Waals surface area contributed by atoms with Gasteiger partial charge >= 0.3 is 0 Å². The predicted octanol–water partition coefficient (Wildman–Crippen LogP) is 4.70. The Bertz CT molecular complexity index is 478. The minimum absolute atomic E-state index is 0. The Morgan fingerprint density at radius 2 is 1.95 bits per heavy atom. The van der Waals surface area contributed by atoms with Crippen LogP contribution in [0.1, 0.15) is 43.9 Å². The topological polar surface area (TPSA) is 15.3 Å². The molecule has 1 aliphatic heterocycles. The van der Waals surface area contributed by atoms with Gasteiger partial charge in [-0.2, -0.15) is 0 Å². The maximum absolute atomic E-state index is 14.7. The van der Waals surface area contributed by atoms with E-state index in [2.05, 4.69) is 40.0 Å². The second-order valence-corrected chi connectivity index (χ2v) is 7.04. The molecule has 2 rings (SSSR count). The Balaban J connectivity index is 0.00000242. The summed E-state index contributed by atoms with van der Waals surface area (Å²) in [5.74, 6) is 0.418. The van der Waals surface area contributed by atoms with E-state index in [0.717, 1.165) is 54.6 Å². The molecule has 0 spiro atoms. The number of hydrogen-bond acceptors (Lipinski definition) is 2. The Hall–Kier alpha value is -0.160. The number of aryl methyl sites for hydroxylation is 1. The molecule has 1 fully saturated rings. The fourth-order valence-corrected chi connectivity index (χ4v) is 3.99. The highest BCUT2D eigenvalue weighted by Crippen LogP contribution is 2.35. The van der Waals surface area contributed by atoms with Crippen LogP contribution in [-0.4, -0.2) is 31.1 Å². The van der Waals surface area contributed by atoms with E-state index in [4.69, 9.17) is 0 Å². The van der Waals surface area contributed by atoms with Crippen LogP contribution < -0.4 is 5.32 Å². The standard InChI is InChI=1S/C17H26BrFN2.ClH/c1-4-5-12(2)17(21-8-6-20-7-9-21)15-11-14(18)10-13(3)16(15)19;/h10-12,17,20H,4-9H2,1-3H3;1H/t12?,17-;/m1./s1. The molecule has 1 heterocycles. The van der Waals surface area contributed by atoms with Crippen molar-refractivity contribution in [3.05, 3.63) is 33.5 Å². The maximum Gasteiger partial charge on any atom is 0.130 e. The second-order valence-electron chi connectivity index (χ2n) is 6.12. The van der Waals surface area contributed by atoms with Crippen LogP contribution in [-0.2, 0) is 0 Å². The molecule has 0 amide bonds. The van der Waals surface area contributed by atoms with Gasteiger partial charge in [-0.15, -0.1) is 12.4 Å². The molecule has 126 valence electrons. The molecule has 1 aromatic carbocycles. The highest BCUT2D eigenvalue weighted by Gasteiger charge is 2.29. The highest BCUT2D eigenvalue weighted by atomic mass is 79.9. The monoisotopic (exact) mass is 392 g/mol. The molecule has 2 atom stereocenters. The van der Waals surface area contributed by atoms with Gasteiger partial charge in [0, 0.05) is 42.3 Å². The van der Waals surface area contributed by atoms with Crippen LogP contribution in [0.4, 0.5) is 4.39 Å². The van der Waals surface area contributed by atoms with Gasteiger partial charge in [0.05, 0.1) is 0 Å². The van der Waals surface area contributed by atoms with Crippen molar-refractivity contribution in [3.63, 3.8) is 0 Å². The summed E-state index contributed by atoms with van der Waals surface area (Å²) in [5, 5.41) is 3.38. The zero-order valence-electron chi connectivity index (χ0n) is 13.7. The third kappa shape index (κ3) is 4.67. The van der Waals surface area contributed by atoms with Crippen molar-refractivity contribution in [2.75, 3.05) is 26.2 Å². The van der Waals surface area contributed by atoms with Crippen molar-refractivity contribution in [2.45, 2.75) is 39.7 Å². The maximum atomic E-state index is 14.7. The summed E-state index contributed by atoms with van der Waals surface area (Å²) < 4.78 is 15.7. The molecular weight excluding hydrogens is 367 g/mol. The van der Waals surface area contributed by atoms with Crippen LogP contribution in [0.5, 0.6) is 0 Å². The molecule has 1 unspecified atom stereocenters. The first-order chi connectivity index (χ1) is 10.0. The molecule has 1 saturated heterocycles. The number of halogens is 3. The van der Waals surface area contributed by atoms with Crippen LogP contribution in [0, 0.1) is 18.7 Å². The van der Waals surface area contributed by atoms with Crippen LogP contribution in [0.3, 0.4) is 0 Å². The third-order valence-corrected chi connectivity index (χ3v) is 4.85. The average molecular weight is 394 g/mol. The first-order valence-corrected chi connectivity index (χ1v) is 8.74. The molecule has 0 aromatic heterocycles. The van der Waals surface area contributed by atoms with Gasteiger partial charge in [-0.05, 0) is 37.0 Å². The Morgan fingerprint density at radius 3 is 2.55 bits per heavy atom. The molecule has 0 aliphatic carbocycles. The lowest BCUT2D eigenvalue weighted by molar-refractivity contribution is 0.123. The number of piperazine rings is 1. The van der Waals surface area contributed by atoms with E-state index in [1.807, 2.05) is 19.1 Å². The summed E-state index contributed by atoms with van der Waals surface area (Å²) in [5.41, 5.74) is 1.58. The summed E-state index contributed by atoms with van der Waals surface area (Å²) in [6, 6.07) is 4.00. The Morgan fingerprint density at radius 1 is 1.32 bits per heavy atom. The SMILES string of the molecule is CCCC(C)[C@H](c1cc(Br)cc(C)c1F)N1CCNCC1.Cl. The third-order valence-electron chi connectivity index (χ3n) is 4.39. The molecular formula is C17H27BrClFN2. The molecule has 2 nitrogen and oxygen atoms in total. The van der Waals surface area contributed by atoms with E-state index >= 15 is 0 Å². The summed E-state index contributed by atoms with van der Waals surface area (Å²) in [4.78, 5) is 2.45.